The first-order valence-electron chi connectivity index (χ1n) is 6.80. The van der Waals surface area contributed by atoms with E-state index >= 15 is 0 Å². The van der Waals surface area contributed by atoms with Crippen molar-refractivity contribution in [1.82, 2.24) is 0 Å². The van der Waals surface area contributed by atoms with Crippen LogP contribution in [0.15, 0.2) is 39.7 Å². The van der Waals surface area contributed by atoms with E-state index in [0.29, 0.717) is 15.9 Å². The molecule has 7 heteroatoms. The van der Waals surface area contributed by atoms with E-state index in [1.54, 1.807) is 12.1 Å². The number of rotatable bonds is 5. The summed E-state index contributed by atoms with van der Waals surface area (Å²) >= 11 is 3.36. The van der Waals surface area contributed by atoms with Crippen molar-refractivity contribution in [3.05, 3.63) is 45.9 Å². The van der Waals surface area contributed by atoms with Gasteiger partial charge in [0.05, 0.1) is 19.9 Å². The van der Waals surface area contributed by atoms with Crippen LogP contribution in [0, 0.1) is 13.8 Å². The van der Waals surface area contributed by atoms with Gasteiger partial charge in [-0.25, -0.2) is 8.42 Å². The Bertz CT molecular complexity index is 834. The maximum atomic E-state index is 12.7. The van der Waals surface area contributed by atoms with Crippen LogP contribution in [-0.2, 0) is 10.0 Å². The smallest absolute Gasteiger partial charge is 0.265 e. The van der Waals surface area contributed by atoms with Gasteiger partial charge in [-0.05, 0) is 59.1 Å². The first-order valence-corrected chi connectivity index (χ1v) is 9.07. The highest BCUT2D eigenvalue weighted by atomic mass is 79.9. The molecule has 0 aromatic heterocycles. The average Bonchev–Trinajstić information content (AvgIpc) is 2.49. The van der Waals surface area contributed by atoms with Crippen molar-refractivity contribution in [2.24, 2.45) is 0 Å². The summed E-state index contributed by atoms with van der Waals surface area (Å²) in [4.78, 5) is 0.0231. The molecule has 0 saturated carbocycles. The zero-order chi connectivity index (χ0) is 17.2. The summed E-state index contributed by atoms with van der Waals surface area (Å²) in [5.74, 6) is 0.744. The molecule has 0 spiro atoms. The van der Waals surface area contributed by atoms with Gasteiger partial charge in [-0.3, -0.25) is 4.72 Å². The second-order valence-corrected chi connectivity index (χ2v) is 7.57. The van der Waals surface area contributed by atoms with Crippen molar-refractivity contribution in [2.45, 2.75) is 18.7 Å². The molecule has 0 aliphatic heterocycles. The second-order valence-electron chi connectivity index (χ2n) is 5.06. The number of nitrogens with one attached hydrogen (secondary N) is 1. The van der Waals surface area contributed by atoms with E-state index in [1.165, 1.54) is 20.3 Å². The van der Waals surface area contributed by atoms with E-state index in [2.05, 4.69) is 20.7 Å². The number of ether oxygens (including phenoxy) is 2. The van der Waals surface area contributed by atoms with E-state index in [0.717, 1.165) is 11.1 Å². The van der Waals surface area contributed by atoms with Gasteiger partial charge in [-0.15, -0.1) is 0 Å². The average molecular weight is 400 g/mol. The number of anilines is 1. The SMILES string of the molecule is COc1cc(S(=O)(=O)Nc2ccc(C)cc2Br)c(OC)cc1C. The lowest BCUT2D eigenvalue weighted by atomic mass is 10.2. The summed E-state index contributed by atoms with van der Waals surface area (Å²) in [6, 6.07) is 8.46. The monoisotopic (exact) mass is 399 g/mol. The van der Waals surface area contributed by atoms with Gasteiger partial charge in [0, 0.05) is 10.5 Å². The Morgan fingerprint density at radius 1 is 1.00 bits per heavy atom. The van der Waals surface area contributed by atoms with Gasteiger partial charge in [0.25, 0.3) is 10.0 Å². The van der Waals surface area contributed by atoms with Crippen LogP contribution in [0.25, 0.3) is 0 Å². The quantitative estimate of drug-likeness (QED) is 0.827. The normalized spacial score (nSPS) is 11.2. The molecule has 0 atom stereocenters. The molecule has 0 bridgehead atoms. The van der Waals surface area contributed by atoms with Crippen LogP contribution >= 0.6 is 15.9 Å². The summed E-state index contributed by atoms with van der Waals surface area (Å²) in [7, 11) is -0.898. The van der Waals surface area contributed by atoms with E-state index in [4.69, 9.17) is 9.47 Å². The number of methoxy groups -OCH3 is 2. The maximum absolute atomic E-state index is 12.7. The van der Waals surface area contributed by atoms with Crippen LogP contribution in [0.3, 0.4) is 0 Å². The van der Waals surface area contributed by atoms with Crippen LogP contribution < -0.4 is 14.2 Å². The van der Waals surface area contributed by atoms with Crippen molar-refractivity contribution in [2.75, 3.05) is 18.9 Å². The number of hydrogen-bond donors (Lipinski definition) is 1. The van der Waals surface area contributed by atoms with Gasteiger partial charge in [-0.2, -0.15) is 0 Å². The molecular weight excluding hydrogens is 382 g/mol. The largest absolute Gasteiger partial charge is 0.496 e. The summed E-state index contributed by atoms with van der Waals surface area (Å²) in [6.07, 6.45) is 0. The Morgan fingerprint density at radius 2 is 1.65 bits per heavy atom. The molecular formula is C16H18BrNO4S. The van der Waals surface area contributed by atoms with Crippen molar-refractivity contribution in [3.8, 4) is 11.5 Å². The lowest BCUT2D eigenvalue weighted by molar-refractivity contribution is 0.390. The molecule has 2 aromatic carbocycles. The van der Waals surface area contributed by atoms with E-state index < -0.39 is 10.0 Å². The Kier molecular flexibility index (Phi) is 5.21. The van der Waals surface area contributed by atoms with Crippen molar-refractivity contribution in [1.29, 1.82) is 0 Å². The number of benzene rings is 2. The minimum atomic E-state index is -3.83. The van der Waals surface area contributed by atoms with Gasteiger partial charge in [0.15, 0.2) is 0 Å². The topological polar surface area (TPSA) is 64.6 Å². The number of aryl methyl sites for hydroxylation is 2. The molecule has 0 radical (unpaired) electrons. The minimum Gasteiger partial charge on any atom is -0.496 e. The standard InChI is InChI=1S/C16H18BrNO4S/c1-10-5-6-13(12(17)7-10)18-23(19,20)16-9-14(21-3)11(2)8-15(16)22-4/h5-9,18H,1-4H3. The third-order valence-corrected chi connectivity index (χ3v) is 5.38. The molecule has 0 aliphatic rings. The van der Waals surface area contributed by atoms with E-state index in [1.807, 2.05) is 26.0 Å². The van der Waals surface area contributed by atoms with Gasteiger partial charge in [0.2, 0.25) is 0 Å². The molecule has 0 heterocycles. The fourth-order valence-electron chi connectivity index (χ4n) is 2.14. The second kappa shape index (κ2) is 6.80. The molecule has 0 aliphatic carbocycles. The first kappa shape index (κ1) is 17.6. The Labute approximate surface area is 144 Å². The van der Waals surface area contributed by atoms with Crippen molar-refractivity contribution >= 4 is 31.6 Å². The predicted molar refractivity (Wildman–Crippen MR) is 94.0 cm³/mol. The van der Waals surface area contributed by atoms with Crippen LogP contribution in [0.5, 0.6) is 11.5 Å². The molecule has 0 amide bonds. The number of sulfonamides is 1. The summed E-state index contributed by atoms with van der Waals surface area (Å²) in [5.41, 5.74) is 2.27. The van der Waals surface area contributed by atoms with Crippen molar-refractivity contribution < 1.29 is 17.9 Å². The number of hydrogen-bond acceptors (Lipinski definition) is 4. The van der Waals surface area contributed by atoms with Gasteiger partial charge in [0.1, 0.15) is 16.4 Å². The summed E-state index contributed by atoms with van der Waals surface area (Å²) in [5, 5.41) is 0. The highest BCUT2D eigenvalue weighted by molar-refractivity contribution is 9.10. The Balaban J connectivity index is 2.50. The third kappa shape index (κ3) is 3.79. The van der Waals surface area contributed by atoms with Crippen molar-refractivity contribution in [3.63, 3.8) is 0 Å². The van der Waals surface area contributed by atoms with E-state index in [-0.39, 0.29) is 10.6 Å². The Hall–Kier alpha value is -1.73. The van der Waals surface area contributed by atoms with Crippen LogP contribution in [0.2, 0.25) is 0 Å². The van der Waals surface area contributed by atoms with Gasteiger partial charge in [-0.1, -0.05) is 6.07 Å². The molecule has 1 N–H and O–H groups in total. The molecule has 2 rings (SSSR count). The maximum Gasteiger partial charge on any atom is 0.265 e. The van der Waals surface area contributed by atoms with Crippen LogP contribution in [-0.4, -0.2) is 22.6 Å². The zero-order valence-electron chi connectivity index (χ0n) is 13.3. The first-order chi connectivity index (χ1) is 10.8. The van der Waals surface area contributed by atoms with Gasteiger partial charge >= 0.3 is 0 Å². The van der Waals surface area contributed by atoms with E-state index in [9.17, 15) is 8.42 Å². The molecule has 124 valence electrons. The minimum absolute atomic E-state index is 0.0231. The zero-order valence-corrected chi connectivity index (χ0v) is 15.7. The fourth-order valence-corrected chi connectivity index (χ4v) is 4.11. The van der Waals surface area contributed by atoms with Crippen LogP contribution in [0.4, 0.5) is 5.69 Å². The highest BCUT2D eigenvalue weighted by Gasteiger charge is 2.22. The molecule has 0 unspecified atom stereocenters. The third-order valence-electron chi connectivity index (χ3n) is 3.34. The highest BCUT2D eigenvalue weighted by Crippen LogP contribution is 2.34. The Morgan fingerprint density at radius 3 is 2.22 bits per heavy atom. The van der Waals surface area contributed by atoms with Gasteiger partial charge < -0.3 is 9.47 Å². The molecule has 2 aromatic rings. The molecule has 0 saturated heterocycles. The molecule has 23 heavy (non-hydrogen) atoms. The molecule has 0 fully saturated rings. The molecule has 5 nitrogen and oxygen atoms in total. The summed E-state index contributed by atoms with van der Waals surface area (Å²) < 4.78 is 39.1. The van der Waals surface area contributed by atoms with Crippen LogP contribution in [0.1, 0.15) is 11.1 Å². The lowest BCUT2D eigenvalue weighted by Gasteiger charge is -2.15. The fraction of sp³-hybridized carbons (Fsp3) is 0.250. The summed E-state index contributed by atoms with van der Waals surface area (Å²) in [6.45, 7) is 3.75. The lowest BCUT2D eigenvalue weighted by Crippen LogP contribution is -2.15. The predicted octanol–water partition coefficient (Wildman–Crippen LogP) is 3.88. The number of halogens is 1.